The number of anilines is 1. The monoisotopic (exact) mass is 553 g/mol. The van der Waals surface area contributed by atoms with E-state index in [1.165, 1.54) is 44.4 Å². The van der Waals surface area contributed by atoms with E-state index in [2.05, 4.69) is 5.32 Å². The SMILES string of the molecule is CCC(C(=O)NC)N(Cc1ccc(C)cc1)C(=O)CN(c1ccccc1)S(=O)(=O)c1ccc(OC)c(OC)c1. The number of methoxy groups -OCH3 is 2. The third kappa shape index (κ3) is 6.88. The normalized spacial score (nSPS) is 11.8. The molecule has 0 fully saturated rings. The molecule has 0 saturated heterocycles. The van der Waals surface area contributed by atoms with Crippen LogP contribution in [0, 0.1) is 6.92 Å². The van der Waals surface area contributed by atoms with Gasteiger partial charge >= 0.3 is 0 Å². The Hall–Kier alpha value is -4.05. The van der Waals surface area contributed by atoms with E-state index in [0.717, 1.165) is 15.4 Å². The van der Waals surface area contributed by atoms with Gasteiger partial charge in [0.25, 0.3) is 10.0 Å². The lowest BCUT2D eigenvalue weighted by Gasteiger charge is -2.33. The fourth-order valence-corrected chi connectivity index (χ4v) is 5.63. The van der Waals surface area contributed by atoms with Gasteiger partial charge in [0.1, 0.15) is 12.6 Å². The topological polar surface area (TPSA) is 105 Å². The van der Waals surface area contributed by atoms with Crippen LogP contribution >= 0.6 is 0 Å². The summed E-state index contributed by atoms with van der Waals surface area (Å²) in [4.78, 5) is 28.1. The predicted molar refractivity (Wildman–Crippen MR) is 150 cm³/mol. The van der Waals surface area contributed by atoms with Gasteiger partial charge in [0.05, 0.1) is 24.8 Å². The highest BCUT2D eigenvalue weighted by Crippen LogP contribution is 2.32. The number of para-hydroxylation sites is 1. The number of sulfonamides is 1. The lowest BCUT2D eigenvalue weighted by Crippen LogP contribution is -2.51. The number of hydrogen-bond acceptors (Lipinski definition) is 6. The summed E-state index contributed by atoms with van der Waals surface area (Å²) in [6.45, 7) is 3.40. The number of carbonyl (C=O) groups excluding carboxylic acids is 2. The molecule has 0 aromatic heterocycles. The van der Waals surface area contributed by atoms with Gasteiger partial charge in [-0.25, -0.2) is 8.42 Å². The van der Waals surface area contributed by atoms with E-state index >= 15 is 0 Å². The molecule has 0 heterocycles. The fourth-order valence-electron chi connectivity index (χ4n) is 4.20. The lowest BCUT2D eigenvalue weighted by atomic mass is 10.1. The molecule has 0 spiro atoms. The Morgan fingerprint density at radius 1 is 0.923 bits per heavy atom. The number of hydrogen-bond donors (Lipinski definition) is 1. The molecule has 0 radical (unpaired) electrons. The van der Waals surface area contributed by atoms with Crippen LogP contribution in [0.15, 0.2) is 77.7 Å². The minimum absolute atomic E-state index is 0.0692. The van der Waals surface area contributed by atoms with Crippen molar-refractivity contribution in [1.82, 2.24) is 10.2 Å². The van der Waals surface area contributed by atoms with Crippen LogP contribution in [0.3, 0.4) is 0 Å². The molecule has 1 atom stereocenters. The Morgan fingerprint density at radius 2 is 1.56 bits per heavy atom. The van der Waals surface area contributed by atoms with E-state index in [0.29, 0.717) is 17.9 Å². The van der Waals surface area contributed by atoms with Crippen LogP contribution in [-0.4, -0.2) is 59.0 Å². The molecular formula is C29H35N3O6S. The summed E-state index contributed by atoms with van der Waals surface area (Å²) in [5, 5.41) is 2.62. The minimum Gasteiger partial charge on any atom is -0.493 e. The maximum atomic E-state index is 14.0. The van der Waals surface area contributed by atoms with E-state index in [1.807, 2.05) is 38.1 Å². The zero-order valence-corrected chi connectivity index (χ0v) is 23.7. The van der Waals surface area contributed by atoms with Crippen LogP contribution in [0.5, 0.6) is 11.5 Å². The predicted octanol–water partition coefficient (Wildman–Crippen LogP) is 3.76. The van der Waals surface area contributed by atoms with Gasteiger partial charge in [-0.1, -0.05) is 55.0 Å². The summed E-state index contributed by atoms with van der Waals surface area (Å²) in [6, 6.07) is 19.5. The van der Waals surface area contributed by atoms with Crippen molar-refractivity contribution in [3.05, 3.63) is 83.9 Å². The Labute approximate surface area is 230 Å². The molecule has 3 rings (SSSR count). The Balaban J connectivity index is 2.06. The number of nitrogens with one attached hydrogen (secondary N) is 1. The average molecular weight is 554 g/mol. The van der Waals surface area contributed by atoms with Gasteiger partial charge in [-0.05, 0) is 43.2 Å². The maximum Gasteiger partial charge on any atom is 0.264 e. The van der Waals surface area contributed by atoms with E-state index in [-0.39, 0.29) is 23.1 Å². The highest BCUT2D eigenvalue weighted by molar-refractivity contribution is 7.92. The summed E-state index contributed by atoms with van der Waals surface area (Å²) >= 11 is 0. The van der Waals surface area contributed by atoms with Gasteiger partial charge in [-0.15, -0.1) is 0 Å². The van der Waals surface area contributed by atoms with Crippen molar-refractivity contribution in [2.45, 2.75) is 37.8 Å². The number of carbonyl (C=O) groups is 2. The van der Waals surface area contributed by atoms with E-state index in [4.69, 9.17) is 9.47 Å². The molecule has 10 heteroatoms. The van der Waals surface area contributed by atoms with Gasteiger partial charge in [0.15, 0.2) is 11.5 Å². The number of ether oxygens (including phenoxy) is 2. The molecule has 9 nitrogen and oxygen atoms in total. The molecule has 0 aliphatic rings. The van der Waals surface area contributed by atoms with E-state index < -0.39 is 28.5 Å². The summed E-state index contributed by atoms with van der Waals surface area (Å²) < 4.78 is 39.5. The molecule has 0 bridgehead atoms. The average Bonchev–Trinajstić information content (AvgIpc) is 2.96. The first-order valence-electron chi connectivity index (χ1n) is 12.5. The molecule has 1 unspecified atom stereocenters. The third-order valence-electron chi connectivity index (χ3n) is 6.37. The van der Waals surface area contributed by atoms with Crippen LogP contribution in [0.25, 0.3) is 0 Å². The molecule has 3 aromatic carbocycles. The smallest absolute Gasteiger partial charge is 0.264 e. The summed E-state index contributed by atoms with van der Waals surface area (Å²) in [7, 11) is 0.159. The zero-order valence-electron chi connectivity index (χ0n) is 22.9. The Kier molecular flexibility index (Phi) is 9.95. The van der Waals surface area contributed by atoms with Crippen molar-refractivity contribution in [3.8, 4) is 11.5 Å². The molecule has 3 aromatic rings. The van der Waals surface area contributed by atoms with Crippen LogP contribution in [-0.2, 0) is 26.2 Å². The highest BCUT2D eigenvalue weighted by Gasteiger charge is 2.33. The number of amides is 2. The van der Waals surface area contributed by atoms with Crippen LogP contribution < -0.4 is 19.1 Å². The molecular weight excluding hydrogens is 518 g/mol. The highest BCUT2D eigenvalue weighted by atomic mass is 32.2. The van der Waals surface area contributed by atoms with E-state index in [9.17, 15) is 18.0 Å². The standard InChI is InChI=1S/C29H35N3O6S/c1-6-25(29(34)30-3)31(19-22-14-12-21(2)13-15-22)28(33)20-32(23-10-8-7-9-11-23)39(35,36)24-16-17-26(37-4)27(18-24)38-5/h7-18,25H,6,19-20H2,1-5H3,(H,30,34). The number of likely N-dealkylation sites (N-methyl/N-ethyl adjacent to an activating group) is 1. The van der Waals surface area contributed by atoms with Crippen LogP contribution in [0.2, 0.25) is 0 Å². The van der Waals surface area contributed by atoms with Gasteiger partial charge in [0, 0.05) is 19.7 Å². The van der Waals surface area contributed by atoms with Gasteiger partial charge in [-0.2, -0.15) is 0 Å². The van der Waals surface area contributed by atoms with Crippen LogP contribution in [0.1, 0.15) is 24.5 Å². The second-order valence-electron chi connectivity index (χ2n) is 8.91. The van der Waals surface area contributed by atoms with Crippen molar-refractivity contribution in [2.75, 3.05) is 32.1 Å². The Bertz CT molecular complexity index is 1380. The van der Waals surface area contributed by atoms with Crippen molar-refractivity contribution >= 4 is 27.5 Å². The van der Waals surface area contributed by atoms with Crippen molar-refractivity contribution in [2.24, 2.45) is 0 Å². The molecule has 1 N–H and O–H groups in total. The number of nitrogens with zero attached hydrogens (tertiary/aromatic N) is 2. The second-order valence-corrected chi connectivity index (χ2v) is 10.8. The van der Waals surface area contributed by atoms with Gasteiger partial charge in [0.2, 0.25) is 11.8 Å². The molecule has 0 saturated carbocycles. The first kappa shape index (κ1) is 29.5. The quantitative estimate of drug-likeness (QED) is 0.366. The fraction of sp³-hybridized carbons (Fsp3) is 0.310. The minimum atomic E-state index is -4.23. The van der Waals surface area contributed by atoms with Gasteiger partial charge in [-0.3, -0.25) is 13.9 Å². The molecule has 0 aliphatic heterocycles. The zero-order chi connectivity index (χ0) is 28.6. The van der Waals surface area contributed by atoms with E-state index in [1.54, 1.807) is 30.3 Å². The summed E-state index contributed by atoms with van der Waals surface area (Å²) in [5.41, 5.74) is 2.19. The number of rotatable bonds is 12. The number of aryl methyl sites for hydroxylation is 1. The largest absolute Gasteiger partial charge is 0.493 e. The van der Waals surface area contributed by atoms with Crippen LogP contribution in [0.4, 0.5) is 5.69 Å². The van der Waals surface area contributed by atoms with Crippen molar-refractivity contribution in [3.63, 3.8) is 0 Å². The lowest BCUT2D eigenvalue weighted by molar-refractivity contribution is -0.140. The molecule has 0 aliphatic carbocycles. The first-order chi connectivity index (χ1) is 18.7. The molecule has 2 amide bonds. The van der Waals surface area contributed by atoms with Crippen molar-refractivity contribution < 1.29 is 27.5 Å². The van der Waals surface area contributed by atoms with Gasteiger partial charge < -0.3 is 19.7 Å². The maximum absolute atomic E-state index is 14.0. The molecule has 208 valence electrons. The molecule has 39 heavy (non-hydrogen) atoms. The third-order valence-corrected chi connectivity index (χ3v) is 8.14. The summed E-state index contributed by atoms with van der Waals surface area (Å²) in [6.07, 6.45) is 0.352. The first-order valence-corrected chi connectivity index (χ1v) is 14.0. The Morgan fingerprint density at radius 3 is 2.13 bits per heavy atom. The number of benzene rings is 3. The summed E-state index contributed by atoms with van der Waals surface area (Å²) in [5.74, 6) is -0.227. The second kappa shape index (κ2) is 13.1. The van der Waals surface area contributed by atoms with Crippen molar-refractivity contribution in [1.29, 1.82) is 0 Å².